The first-order valence-corrected chi connectivity index (χ1v) is 4.39. The Labute approximate surface area is 83.3 Å². The van der Waals surface area contributed by atoms with Gasteiger partial charge in [0.2, 0.25) is 0 Å². The van der Waals surface area contributed by atoms with Crippen LogP contribution in [0.3, 0.4) is 0 Å². The van der Waals surface area contributed by atoms with Crippen molar-refractivity contribution in [1.29, 1.82) is 0 Å². The van der Waals surface area contributed by atoms with Gasteiger partial charge in [-0.25, -0.2) is 0 Å². The van der Waals surface area contributed by atoms with Crippen LogP contribution in [0.25, 0.3) is 0 Å². The van der Waals surface area contributed by atoms with Gasteiger partial charge in [0.15, 0.2) is 0 Å². The number of hydrogen-bond donors (Lipinski definition) is 2. The SMILES string of the molecule is CN(CCC(=O)O)CC(C)(C)C(=O)O. The van der Waals surface area contributed by atoms with Crippen molar-refractivity contribution in [2.75, 3.05) is 20.1 Å². The Morgan fingerprint density at radius 1 is 1.29 bits per heavy atom. The maximum absolute atomic E-state index is 10.8. The van der Waals surface area contributed by atoms with Crippen molar-refractivity contribution < 1.29 is 19.8 Å². The van der Waals surface area contributed by atoms with Gasteiger partial charge in [-0.2, -0.15) is 0 Å². The van der Waals surface area contributed by atoms with E-state index in [4.69, 9.17) is 10.2 Å². The van der Waals surface area contributed by atoms with Crippen LogP contribution in [-0.4, -0.2) is 47.2 Å². The lowest BCUT2D eigenvalue weighted by Crippen LogP contribution is -2.38. The smallest absolute Gasteiger partial charge is 0.310 e. The molecule has 0 aromatic rings. The number of carboxylic acid groups (broad SMARTS) is 2. The molecule has 2 N–H and O–H groups in total. The quantitative estimate of drug-likeness (QED) is 0.657. The van der Waals surface area contributed by atoms with Crippen LogP contribution in [0.4, 0.5) is 0 Å². The lowest BCUT2D eigenvalue weighted by Gasteiger charge is -2.25. The first-order valence-electron chi connectivity index (χ1n) is 4.39. The van der Waals surface area contributed by atoms with Gasteiger partial charge in [-0.3, -0.25) is 9.59 Å². The molecule has 0 fully saturated rings. The van der Waals surface area contributed by atoms with Crippen LogP contribution in [0.15, 0.2) is 0 Å². The van der Waals surface area contributed by atoms with Gasteiger partial charge >= 0.3 is 11.9 Å². The second-order valence-corrected chi connectivity index (χ2v) is 4.07. The highest BCUT2D eigenvalue weighted by Gasteiger charge is 2.28. The molecule has 0 unspecified atom stereocenters. The Kier molecular flexibility index (Phi) is 4.56. The Hall–Kier alpha value is -1.10. The summed E-state index contributed by atoms with van der Waals surface area (Å²) in [5.74, 6) is -1.75. The summed E-state index contributed by atoms with van der Waals surface area (Å²) in [5, 5.41) is 17.3. The van der Waals surface area contributed by atoms with Crippen molar-refractivity contribution in [2.24, 2.45) is 5.41 Å². The van der Waals surface area contributed by atoms with Gasteiger partial charge in [0.05, 0.1) is 11.8 Å². The molecular weight excluding hydrogens is 186 g/mol. The van der Waals surface area contributed by atoms with Crippen molar-refractivity contribution in [3.05, 3.63) is 0 Å². The van der Waals surface area contributed by atoms with Gasteiger partial charge in [0.25, 0.3) is 0 Å². The summed E-state index contributed by atoms with van der Waals surface area (Å²) in [6, 6.07) is 0. The fourth-order valence-corrected chi connectivity index (χ4v) is 1.11. The van der Waals surface area contributed by atoms with E-state index in [1.165, 1.54) is 0 Å². The maximum atomic E-state index is 10.8. The zero-order valence-electron chi connectivity index (χ0n) is 8.78. The van der Waals surface area contributed by atoms with Crippen LogP contribution in [0.5, 0.6) is 0 Å². The summed E-state index contributed by atoms with van der Waals surface area (Å²) >= 11 is 0. The van der Waals surface area contributed by atoms with Gasteiger partial charge in [-0.1, -0.05) is 0 Å². The van der Waals surface area contributed by atoms with E-state index < -0.39 is 17.4 Å². The normalized spacial score (nSPS) is 11.7. The second kappa shape index (κ2) is 4.95. The number of carboxylic acids is 2. The van der Waals surface area contributed by atoms with Crippen LogP contribution in [0.1, 0.15) is 20.3 Å². The number of nitrogens with zero attached hydrogens (tertiary/aromatic N) is 1. The lowest BCUT2D eigenvalue weighted by atomic mass is 9.93. The standard InChI is InChI=1S/C9H17NO4/c1-9(2,8(13)14)6-10(3)5-4-7(11)12/h4-6H2,1-3H3,(H,11,12)(H,13,14). The molecule has 0 spiro atoms. The zero-order chi connectivity index (χ0) is 11.4. The van der Waals surface area contributed by atoms with Crippen molar-refractivity contribution in [2.45, 2.75) is 20.3 Å². The van der Waals surface area contributed by atoms with Crippen LogP contribution < -0.4 is 0 Å². The molecule has 0 aromatic carbocycles. The number of hydrogen-bond acceptors (Lipinski definition) is 3. The van der Waals surface area contributed by atoms with E-state index in [1.54, 1.807) is 25.8 Å². The highest BCUT2D eigenvalue weighted by molar-refractivity contribution is 5.73. The van der Waals surface area contributed by atoms with Gasteiger partial charge in [-0.15, -0.1) is 0 Å². The van der Waals surface area contributed by atoms with E-state index in [-0.39, 0.29) is 6.42 Å². The molecule has 14 heavy (non-hydrogen) atoms. The maximum Gasteiger partial charge on any atom is 0.310 e. The Bertz CT molecular complexity index is 225. The van der Waals surface area contributed by atoms with Crippen LogP contribution in [0.2, 0.25) is 0 Å². The monoisotopic (exact) mass is 203 g/mol. The van der Waals surface area contributed by atoms with Gasteiger partial charge in [0, 0.05) is 13.1 Å². The first kappa shape index (κ1) is 12.9. The molecule has 0 radical (unpaired) electrons. The van der Waals surface area contributed by atoms with E-state index in [9.17, 15) is 9.59 Å². The fraction of sp³-hybridized carbons (Fsp3) is 0.778. The average molecular weight is 203 g/mol. The summed E-state index contributed by atoms with van der Waals surface area (Å²) < 4.78 is 0. The van der Waals surface area contributed by atoms with Crippen LogP contribution >= 0.6 is 0 Å². The minimum atomic E-state index is -0.875. The lowest BCUT2D eigenvalue weighted by molar-refractivity contribution is -0.147. The summed E-state index contributed by atoms with van der Waals surface area (Å²) in [6.45, 7) is 3.95. The third-order valence-corrected chi connectivity index (χ3v) is 1.95. The van der Waals surface area contributed by atoms with E-state index in [0.717, 1.165) is 0 Å². The molecule has 0 aromatic heterocycles. The minimum Gasteiger partial charge on any atom is -0.481 e. The molecule has 5 heteroatoms. The largest absolute Gasteiger partial charge is 0.481 e. The van der Waals surface area contributed by atoms with E-state index in [2.05, 4.69) is 0 Å². The fourth-order valence-electron chi connectivity index (χ4n) is 1.11. The Morgan fingerprint density at radius 2 is 1.79 bits per heavy atom. The predicted molar refractivity (Wildman–Crippen MR) is 51.2 cm³/mol. The van der Waals surface area contributed by atoms with Gasteiger partial charge in [0.1, 0.15) is 0 Å². The molecule has 0 amide bonds. The number of aliphatic carboxylic acids is 2. The minimum absolute atomic E-state index is 0.0339. The molecular formula is C9H17NO4. The molecule has 0 heterocycles. The van der Waals surface area contributed by atoms with Gasteiger partial charge in [-0.05, 0) is 20.9 Å². The molecule has 5 nitrogen and oxygen atoms in total. The molecule has 0 saturated heterocycles. The number of carbonyl (C=O) groups is 2. The Balaban J connectivity index is 3.99. The second-order valence-electron chi connectivity index (χ2n) is 4.07. The summed E-state index contributed by atoms with van der Waals surface area (Å²) in [4.78, 5) is 22.7. The highest BCUT2D eigenvalue weighted by Crippen LogP contribution is 2.16. The van der Waals surface area contributed by atoms with Gasteiger partial charge < -0.3 is 15.1 Å². The number of rotatable bonds is 6. The molecule has 0 atom stereocenters. The molecule has 0 aliphatic rings. The predicted octanol–water partition coefficient (Wildman–Crippen LogP) is 0.504. The molecule has 0 aliphatic heterocycles. The molecule has 0 rings (SSSR count). The van der Waals surface area contributed by atoms with Crippen LogP contribution in [0, 0.1) is 5.41 Å². The average Bonchev–Trinajstić information content (AvgIpc) is 1.99. The summed E-state index contributed by atoms with van der Waals surface area (Å²) in [7, 11) is 1.72. The van der Waals surface area contributed by atoms with Crippen molar-refractivity contribution in [3.63, 3.8) is 0 Å². The Morgan fingerprint density at radius 3 is 2.14 bits per heavy atom. The van der Waals surface area contributed by atoms with E-state index in [0.29, 0.717) is 13.1 Å². The van der Waals surface area contributed by atoms with E-state index >= 15 is 0 Å². The summed E-state index contributed by atoms with van der Waals surface area (Å²) in [6.07, 6.45) is 0.0339. The highest BCUT2D eigenvalue weighted by atomic mass is 16.4. The van der Waals surface area contributed by atoms with E-state index in [1.807, 2.05) is 0 Å². The topological polar surface area (TPSA) is 77.8 Å². The molecule has 0 aliphatic carbocycles. The molecule has 82 valence electrons. The molecule has 0 saturated carbocycles. The summed E-state index contributed by atoms with van der Waals surface area (Å²) in [5.41, 5.74) is -0.840. The zero-order valence-corrected chi connectivity index (χ0v) is 8.78. The van der Waals surface area contributed by atoms with Crippen molar-refractivity contribution in [1.82, 2.24) is 4.90 Å². The van der Waals surface area contributed by atoms with Crippen molar-refractivity contribution >= 4 is 11.9 Å². The third-order valence-electron chi connectivity index (χ3n) is 1.95. The van der Waals surface area contributed by atoms with Crippen molar-refractivity contribution in [3.8, 4) is 0 Å². The third kappa shape index (κ3) is 4.81. The first-order chi connectivity index (χ1) is 6.25. The van der Waals surface area contributed by atoms with Crippen LogP contribution in [-0.2, 0) is 9.59 Å². The molecule has 0 bridgehead atoms.